The Labute approximate surface area is 232 Å². The van der Waals surface area contributed by atoms with E-state index in [-0.39, 0.29) is 43.4 Å². The van der Waals surface area contributed by atoms with Gasteiger partial charge in [-0.2, -0.15) is 0 Å². The van der Waals surface area contributed by atoms with Crippen molar-refractivity contribution in [1.29, 1.82) is 0 Å². The highest BCUT2D eigenvalue weighted by atomic mass is 32.1. The summed E-state index contributed by atoms with van der Waals surface area (Å²) >= 11 is 1.49. The molecule has 2 aromatic carbocycles. The van der Waals surface area contributed by atoms with E-state index in [4.69, 9.17) is 0 Å². The van der Waals surface area contributed by atoms with Crippen LogP contribution in [0.2, 0.25) is 0 Å². The SMILES string of the molecule is CC(=O)c1cn(CC(=O)N2C[C@H](F)C[C@H]2C(=O)Cc2ccc3ncsc3c2)c2ccc(Nc3cncnc3)cc12. The van der Waals surface area contributed by atoms with Crippen molar-refractivity contribution in [2.75, 3.05) is 11.9 Å². The Bertz CT molecular complexity index is 1750. The number of ketones is 2. The minimum absolute atomic E-state index is 0.0171. The standard InChI is InChI=1S/C29H25FN6O3S/c1-17(37)23-13-35(25-5-3-20(9-22(23)25)34-21-10-31-15-32-11-21)14-29(39)36-12-19(30)8-26(36)27(38)6-18-2-4-24-28(7-18)40-16-33-24/h2-5,7,9-11,13,15-16,19,26,34H,6,8,12,14H2,1H3/t19-,26+/m1/s1. The van der Waals surface area contributed by atoms with Crippen LogP contribution < -0.4 is 5.32 Å². The summed E-state index contributed by atoms with van der Waals surface area (Å²) in [5.41, 5.74) is 6.00. The zero-order valence-electron chi connectivity index (χ0n) is 21.6. The minimum atomic E-state index is -1.27. The zero-order chi connectivity index (χ0) is 27.8. The number of alkyl halides is 1. The summed E-state index contributed by atoms with van der Waals surface area (Å²) in [6, 6.07) is 10.3. The van der Waals surface area contributed by atoms with Gasteiger partial charge in [0, 0.05) is 41.2 Å². The molecule has 0 radical (unpaired) electrons. The number of fused-ring (bicyclic) bond motifs is 2. The van der Waals surface area contributed by atoms with Crippen molar-refractivity contribution in [3.8, 4) is 0 Å². The predicted octanol–water partition coefficient (Wildman–Crippen LogP) is 4.74. The van der Waals surface area contributed by atoms with Crippen molar-refractivity contribution in [2.45, 2.75) is 38.5 Å². The molecule has 4 heterocycles. The first-order valence-electron chi connectivity index (χ1n) is 12.8. The molecule has 9 nitrogen and oxygen atoms in total. The maximum Gasteiger partial charge on any atom is 0.243 e. The summed E-state index contributed by atoms with van der Waals surface area (Å²) in [6.45, 7) is 1.22. The lowest BCUT2D eigenvalue weighted by Gasteiger charge is -2.24. The van der Waals surface area contributed by atoms with Crippen LogP contribution >= 0.6 is 11.3 Å². The fourth-order valence-electron chi connectivity index (χ4n) is 5.25. The molecule has 1 saturated heterocycles. The fraction of sp³-hybridized carbons (Fsp3) is 0.241. The molecule has 0 bridgehead atoms. The molecule has 1 amide bonds. The molecule has 0 aliphatic carbocycles. The number of benzene rings is 2. The van der Waals surface area contributed by atoms with Crippen molar-refractivity contribution < 1.29 is 18.8 Å². The number of anilines is 2. The van der Waals surface area contributed by atoms with Crippen molar-refractivity contribution in [1.82, 2.24) is 24.4 Å². The van der Waals surface area contributed by atoms with Crippen molar-refractivity contribution in [3.63, 3.8) is 0 Å². The van der Waals surface area contributed by atoms with Gasteiger partial charge in [0.25, 0.3) is 0 Å². The van der Waals surface area contributed by atoms with Crippen LogP contribution in [0.3, 0.4) is 0 Å². The molecule has 1 fully saturated rings. The number of Topliss-reactive ketones (excluding diaryl/α,β-unsaturated/α-hetero) is 2. The number of rotatable bonds is 8. The molecular formula is C29H25FN6O3S. The number of thiazole rings is 1. The Morgan fingerprint density at radius 3 is 2.73 bits per heavy atom. The number of likely N-dealkylation sites (tertiary alicyclic amines) is 1. The van der Waals surface area contributed by atoms with Gasteiger partial charge in [0.05, 0.1) is 46.4 Å². The zero-order valence-corrected chi connectivity index (χ0v) is 22.4. The van der Waals surface area contributed by atoms with Crippen LogP contribution in [0.25, 0.3) is 21.1 Å². The Hall–Kier alpha value is -4.51. The van der Waals surface area contributed by atoms with Crippen LogP contribution in [0.4, 0.5) is 15.8 Å². The molecule has 1 N–H and O–H groups in total. The Morgan fingerprint density at radius 2 is 1.93 bits per heavy atom. The lowest BCUT2D eigenvalue weighted by atomic mass is 10.0. The predicted molar refractivity (Wildman–Crippen MR) is 151 cm³/mol. The molecule has 3 aromatic heterocycles. The largest absolute Gasteiger partial charge is 0.353 e. The third kappa shape index (κ3) is 5.07. The van der Waals surface area contributed by atoms with E-state index in [2.05, 4.69) is 20.3 Å². The smallest absolute Gasteiger partial charge is 0.243 e. The number of amides is 1. The fourth-order valence-corrected chi connectivity index (χ4v) is 5.99. The number of carbonyl (C=O) groups is 3. The van der Waals surface area contributed by atoms with Gasteiger partial charge in [0.15, 0.2) is 11.6 Å². The highest BCUT2D eigenvalue weighted by Crippen LogP contribution is 2.29. The molecule has 0 spiro atoms. The lowest BCUT2D eigenvalue weighted by Crippen LogP contribution is -2.42. The number of hydrogen-bond acceptors (Lipinski definition) is 8. The van der Waals surface area contributed by atoms with Gasteiger partial charge in [0.2, 0.25) is 5.91 Å². The van der Waals surface area contributed by atoms with Crippen LogP contribution in [0.1, 0.15) is 29.3 Å². The summed E-state index contributed by atoms with van der Waals surface area (Å²) < 4.78 is 17.2. The second-order valence-electron chi connectivity index (χ2n) is 9.90. The quantitative estimate of drug-likeness (QED) is 0.275. The van der Waals surface area contributed by atoms with Crippen molar-refractivity contribution in [2.24, 2.45) is 0 Å². The molecule has 202 valence electrons. The maximum absolute atomic E-state index is 14.6. The van der Waals surface area contributed by atoms with E-state index in [9.17, 15) is 18.8 Å². The molecule has 40 heavy (non-hydrogen) atoms. The van der Waals surface area contributed by atoms with Gasteiger partial charge in [0.1, 0.15) is 19.0 Å². The summed E-state index contributed by atoms with van der Waals surface area (Å²) in [5.74, 6) is -0.709. The van der Waals surface area contributed by atoms with E-state index in [1.54, 1.807) is 28.7 Å². The molecule has 6 rings (SSSR count). The van der Waals surface area contributed by atoms with Gasteiger partial charge in [-0.25, -0.2) is 19.3 Å². The molecule has 11 heteroatoms. The van der Waals surface area contributed by atoms with Gasteiger partial charge in [-0.15, -0.1) is 11.3 Å². The number of hydrogen-bond donors (Lipinski definition) is 1. The van der Waals surface area contributed by atoms with Gasteiger partial charge >= 0.3 is 0 Å². The average molecular weight is 557 g/mol. The summed E-state index contributed by atoms with van der Waals surface area (Å²) in [6.07, 6.45) is 5.17. The normalized spacial score (nSPS) is 17.0. The first-order chi connectivity index (χ1) is 19.4. The van der Waals surface area contributed by atoms with Crippen molar-refractivity contribution >= 4 is 61.3 Å². The van der Waals surface area contributed by atoms with Crippen LogP contribution in [-0.2, 0) is 22.6 Å². The Morgan fingerprint density at radius 1 is 1.10 bits per heavy atom. The molecule has 1 aliphatic heterocycles. The lowest BCUT2D eigenvalue weighted by molar-refractivity contribution is -0.137. The third-order valence-corrected chi connectivity index (χ3v) is 7.92. The first kappa shape index (κ1) is 25.8. The summed E-state index contributed by atoms with van der Waals surface area (Å²) in [4.78, 5) is 52.8. The Kier molecular flexibility index (Phi) is 6.81. The number of nitrogens with zero attached hydrogens (tertiary/aromatic N) is 5. The molecular weight excluding hydrogens is 531 g/mol. The third-order valence-electron chi connectivity index (χ3n) is 7.13. The second-order valence-corrected chi connectivity index (χ2v) is 10.8. The van der Waals surface area contributed by atoms with E-state index in [1.807, 2.05) is 36.4 Å². The maximum atomic E-state index is 14.6. The van der Waals surface area contributed by atoms with Crippen LogP contribution in [-0.4, -0.2) is 60.7 Å². The molecule has 1 aliphatic rings. The van der Waals surface area contributed by atoms with E-state index in [0.717, 1.165) is 21.5 Å². The van der Waals surface area contributed by atoms with Crippen LogP contribution in [0, 0.1) is 0 Å². The van der Waals surface area contributed by atoms with Gasteiger partial charge in [-0.1, -0.05) is 6.07 Å². The number of nitrogens with one attached hydrogen (secondary N) is 1. The first-order valence-corrected chi connectivity index (χ1v) is 13.7. The number of halogens is 1. The average Bonchev–Trinajstić information content (AvgIpc) is 3.66. The van der Waals surface area contributed by atoms with Crippen LogP contribution in [0.15, 0.2) is 66.8 Å². The number of carbonyl (C=O) groups excluding carboxylic acids is 3. The Balaban J connectivity index is 1.22. The van der Waals surface area contributed by atoms with Gasteiger partial charge in [-0.3, -0.25) is 14.4 Å². The van der Waals surface area contributed by atoms with Crippen molar-refractivity contribution in [3.05, 3.63) is 78.0 Å². The van der Waals surface area contributed by atoms with Gasteiger partial charge < -0.3 is 14.8 Å². The van der Waals surface area contributed by atoms with E-state index >= 15 is 0 Å². The monoisotopic (exact) mass is 556 g/mol. The molecule has 0 saturated carbocycles. The van der Waals surface area contributed by atoms with E-state index in [0.29, 0.717) is 22.2 Å². The highest BCUT2D eigenvalue weighted by molar-refractivity contribution is 7.16. The molecule has 2 atom stereocenters. The second kappa shape index (κ2) is 10.6. The molecule has 5 aromatic rings. The van der Waals surface area contributed by atoms with E-state index in [1.165, 1.54) is 29.5 Å². The number of aromatic nitrogens is 4. The highest BCUT2D eigenvalue weighted by Gasteiger charge is 2.39. The van der Waals surface area contributed by atoms with E-state index < -0.39 is 12.2 Å². The van der Waals surface area contributed by atoms with Crippen LogP contribution in [0.5, 0.6) is 0 Å². The summed E-state index contributed by atoms with van der Waals surface area (Å²) in [7, 11) is 0. The summed E-state index contributed by atoms with van der Waals surface area (Å²) in [5, 5.41) is 3.88. The topological polar surface area (TPSA) is 110 Å². The minimum Gasteiger partial charge on any atom is -0.353 e. The molecule has 0 unspecified atom stereocenters. The van der Waals surface area contributed by atoms with Gasteiger partial charge in [-0.05, 0) is 42.8 Å².